The molecule has 1 fully saturated rings. The van der Waals surface area contributed by atoms with Crippen LogP contribution in [0.5, 0.6) is 5.75 Å². The first-order chi connectivity index (χ1) is 10.7. The highest BCUT2D eigenvalue weighted by molar-refractivity contribution is 5.85. The number of nitrogens with zero attached hydrogens (tertiary/aromatic N) is 1. The van der Waals surface area contributed by atoms with Crippen molar-refractivity contribution in [1.29, 1.82) is 0 Å². The van der Waals surface area contributed by atoms with Crippen molar-refractivity contribution in [3.8, 4) is 5.75 Å². The highest BCUT2D eigenvalue weighted by Gasteiger charge is 2.22. The van der Waals surface area contributed by atoms with E-state index in [1.165, 1.54) is 0 Å². The predicted octanol–water partition coefficient (Wildman–Crippen LogP) is 2.90. The lowest BCUT2D eigenvalue weighted by atomic mass is 9.96. The van der Waals surface area contributed by atoms with Gasteiger partial charge in [-0.15, -0.1) is 12.4 Å². The number of hydrogen-bond donors (Lipinski definition) is 1. The summed E-state index contributed by atoms with van der Waals surface area (Å²) in [5, 5.41) is 3.40. The molecule has 23 heavy (non-hydrogen) atoms. The van der Waals surface area contributed by atoms with Crippen LogP contribution in [-0.4, -0.2) is 43.6 Å². The number of carbonyl (C=O) groups is 1. The minimum atomic E-state index is 0. The van der Waals surface area contributed by atoms with Gasteiger partial charge in [0.1, 0.15) is 5.75 Å². The highest BCUT2D eigenvalue weighted by Crippen LogP contribution is 2.18. The van der Waals surface area contributed by atoms with Gasteiger partial charge in [-0.25, -0.2) is 0 Å². The predicted molar refractivity (Wildman–Crippen MR) is 96.4 cm³/mol. The van der Waals surface area contributed by atoms with Gasteiger partial charge in [-0.1, -0.05) is 19.1 Å². The summed E-state index contributed by atoms with van der Waals surface area (Å²) in [4.78, 5) is 14.4. The van der Waals surface area contributed by atoms with E-state index in [-0.39, 0.29) is 18.3 Å². The molecule has 1 amide bonds. The molecule has 1 N–H and O–H groups in total. The zero-order valence-electron chi connectivity index (χ0n) is 14.2. The zero-order chi connectivity index (χ0) is 15.8. The first kappa shape index (κ1) is 19.8. The summed E-state index contributed by atoms with van der Waals surface area (Å²) in [6, 6.07) is 7.85. The molecule has 4 nitrogen and oxygen atoms in total. The van der Waals surface area contributed by atoms with E-state index in [4.69, 9.17) is 4.74 Å². The second-order valence-electron chi connectivity index (χ2n) is 5.89. The number of rotatable bonds is 7. The van der Waals surface area contributed by atoms with E-state index in [0.717, 1.165) is 56.3 Å². The van der Waals surface area contributed by atoms with Crippen LogP contribution in [0.2, 0.25) is 0 Å². The van der Waals surface area contributed by atoms with Gasteiger partial charge in [-0.2, -0.15) is 0 Å². The molecule has 1 aliphatic rings. The van der Waals surface area contributed by atoms with Gasteiger partial charge < -0.3 is 15.0 Å². The summed E-state index contributed by atoms with van der Waals surface area (Å²) in [6.45, 7) is 8.67. The van der Waals surface area contributed by atoms with E-state index in [9.17, 15) is 4.79 Å². The highest BCUT2D eigenvalue weighted by atomic mass is 35.5. The van der Waals surface area contributed by atoms with Crippen LogP contribution in [0, 0.1) is 5.92 Å². The maximum absolute atomic E-state index is 12.4. The lowest BCUT2D eigenvalue weighted by molar-refractivity contribution is -0.131. The third-order valence-electron chi connectivity index (χ3n) is 4.24. The van der Waals surface area contributed by atoms with Gasteiger partial charge in [-0.3, -0.25) is 4.79 Å². The van der Waals surface area contributed by atoms with Gasteiger partial charge in [0.25, 0.3) is 0 Å². The molecular formula is C18H29ClN2O2. The van der Waals surface area contributed by atoms with Crippen LogP contribution in [0.4, 0.5) is 0 Å². The van der Waals surface area contributed by atoms with Crippen molar-refractivity contribution in [2.24, 2.45) is 5.92 Å². The normalized spacial score (nSPS) is 15.1. The van der Waals surface area contributed by atoms with Gasteiger partial charge in [0.15, 0.2) is 0 Å². The first-order valence-electron chi connectivity index (χ1n) is 8.43. The Morgan fingerprint density at radius 2 is 1.87 bits per heavy atom. The number of halogens is 1. The molecule has 130 valence electrons. The monoisotopic (exact) mass is 340 g/mol. The van der Waals surface area contributed by atoms with Crippen molar-refractivity contribution >= 4 is 18.3 Å². The van der Waals surface area contributed by atoms with E-state index >= 15 is 0 Å². The number of hydrogen-bond acceptors (Lipinski definition) is 3. The van der Waals surface area contributed by atoms with Crippen molar-refractivity contribution in [2.75, 3.05) is 32.8 Å². The fourth-order valence-electron chi connectivity index (χ4n) is 2.89. The number of amides is 1. The fourth-order valence-corrected chi connectivity index (χ4v) is 2.89. The van der Waals surface area contributed by atoms with E-state index in [1.807, 2.05) is 36.1 Å². The number of likely N-dealkylation sites (tertiary alicyclic amines) is 1. The summed E-state index contributed by atoms with van der Waals surface area (Å²) < 4.78 is 5.42. The summed E-state index contributed by atoms with van der Waals surface area (Å²) in [7, 11) is 0. The van der Waals surface area contributed by atoms with Crippen molar-refractivity contribution < 1.29 is 9.53 Å². The maximum Gasteiger partial charge on any atom is 0.226 e. The molecule has 0 bridgehead atoms. The third kappa shape index (κ3) is 6.40. The lowest BCUT2D eigenvalue weighted by Crippen LogP contribution is -2.41. The van der Waals surface area contributed by atoms with E-state index in [1.54, 1.807) is 0 Å². The van der Waals surface area contributed by atoms with Crippen LogP contribution >= 0.6 is 12.4 Å². The summed E-state index contributed by atoms with van der Waals surface area (Å²) in [6.07, 6.45) is 2.72. The van der Waals surface area contributed by atoms with Crippen LogP contribution in [-0.2, 0) is 11.2 Å². The second kappa shape index (κ2) is 10.5. The largest absolute Gasteiger partial charge is 0.494 e. The summed E-state index contributed by atoms with van der Waals surface area (Å²) in [5.74, 6) is 1.82. The topological polar surface area (TPSA) is 41.6 Å². The smallest absolute Gasteiger partial charge is 0.226 e. The Morgan fingerprint density at radius 3 is 2.43 bits per heavy atom. The number of benzene rings is 1. The minimum absolute atomic E-state index is 0. The van der Waals surface area contributed by atoms with Gasteiger partial charge in [0, 0.05) is 13.1 Å². The Balaban J connectivity index is 0.00000264. The summed E-state index contributed by atoms with van der Waals surface area (Å²) >= 11 is 0. The third-order valence-corrected chi connectivity index (χ3v) is 4.24. The van der Waals surface area contributed by atoms with E-state index in [2.05, 4.69) is 12.2 Å². The van der Waals surface area contributed by atoms with Crippen LogP contribution in [0.25, 0.3) is 0 Å². The Hall–Kier alpha value is -1.26. The van der Waals surface area contributed by atoms with Crippen molar-refractivity contribution in [3.05, 3.63) is 29.8 Å². The standard InChI is InChI=1S/C18H28N2O2.ClH/c1-3-19-14-16-9-11-20(12-10-16)18(21)13-15-5-7-17(8-6-15)22-4-2;/h5-8,16,19H,3-4,9-14H2,1-2H3;1H. The molecule has 1 saturated heterocycles. The molecule has 1 aliphatic heterocycles. The molecule has 0 aliphatic carbocycles. The molecule has 0 radical (unpaired) electrons. The Morgan fingerprint density at radius 1 is 1.22 bits per heavy atom. The van der Waals surface area contributed by atoms with Crippen LogP contribution in [0.1, 0.15) is 32.3 Å². The SMILES string of the molecule is CCNCC1CCN(C(=O)Cc2ccc(OCC)cc2)CC1.Cl. The van der Waals surface area contributed by atoms with Crippen LogP contribution in [0.3, 0.4) is 0 Å². The van der Waals surface area contributed by atoms with Gasteiger partial charge >= 0.3 is 0 Å². The average Bonchev–Trinajstić information content (AvgIpc) is 2.55. The molecule has 1 heterocycles. The molecule has 0 aromatic heterocycles. The van der Waals surface area contributed by atoms with E-state index in [0.29, 0.717) is 13.0 Å². The van der Waals surface area contributed by atoms with Gasteiger partial charge in [0.05, 0.1) is 13.0 Å². The fraction of sp³-hybridized carbons (Fsp3) is 0.611. The quantitative estimate of drug-likeness (QED) is 0.829. The van der Waals surface area contributed by atoms with Crippen LogP contribution in [0.15, 0.2) is 24.3 Å². The number of nitrogens with one attached hydrogen (secondary N) is 1. The van der Waals surface area contributed by atoms with Gasteiger partial charge in [0.2, 0.25) is 5.91 Å². The number of piperidine rings is 1. The van der Waals surface area contributed by atoms with Crippen molar-refractivity contribution in [1.82, 2.24) is 10.2 Å². The molecule has 0 atom stereocenters. The molecule has 0 unspecified atom stereocenters. The Kier molecular flexibility index (Phi) is 9.03. The first-order valence-corrected chi connectivity index (χ1v) is 8.43. The zero-order valence-corrected chi connectivity index (χ0v) is 15.0. The molecule has 0 spiro atoms. The number of ether oxygens (including phenoxy) is 1. The summed E-state index contributed by atoms with van der Waals surface area (Å²) in [5.41, 5.74) is 1.06. The molecule has 2 rings (SSSR count). The minimum Gasteiger partial charge on any atom is -0.494 e. The van der Waals surface area contributed by atoms with E-state index < -0.39 is 0 Å². The Bertz CT molecular complexity index is 457. The molecule has 1 aromatic rings. The second-order valence-corrected chi connectivity index (χ2v) is 5.89. The molecule has 5 heteroatoms. The molecular weight excluding hydrogens is 312 g/mol. The van der Waals surface area contributed by atoms with Crippen molar-refractivity contribution in [3.63, 3.8) is 0 Å². The lowest BCUT2D eigenvalue weighted by Gasteiger charge is -2.32. The average molecular weight is 341 g/mol. The van der Waals surface area contributed by atoms with Crippen LogP contribution < -0.4 is 10.1 Å². The molecule has 0 saturated carbocycles. The molecule has 1 aromatic carbocycles. The van der Waals surface area contributed by atoms with Gasteiger partial charge in [-0.05, 0) is 56.5 Å². The maximum atomic E-state index is 12.4. The van der Waals surface area contributed by atoms with Crippen molar-refractivity contribution in [2.45, 2.75) is 33.1 Å². The number of carbonyl (C=O) groups excluding carboxylic acids is 1. The Labute approximate surface area is 146 Å².